The van der Waals surface area contributed by atoms with E-state index < -0.39 is 0 Å². The molecule has 1 heterocycles. The van der Waals surface area contributed by atoms with Crippen LogP contribution in [0.1, 0.15) is 47.8 Å². The Labute approximate surface area is 141 Å². The van der Waals surface area contributed by atoms with E-state index in [2.05, 4.69) is 11.4 Å². The van der Waals surface area contributed by atoms with Gasteiger partial charge in [-0.05, 0) is 39.0 Å². The van der Waals surface area contributed by atoms with Crippen LogP contribution in [0.2, 0.25) is 5.02 Å². The molecule has 1 amide bonds. The molecule has 0 saturated carbocycles. The molecule has 3 nitrogen and oxygen atoms in total. The molecule has 4 heteroatoms. The Morgan fingerprint density at radius 2 is 2.00 bits per heavy atom. The molecule has 0 unspecified atom stereocenters. The molecule has 0 spiro atoms. The van der Waals surface area contributed by atoms with Crippen molar-refractivity contribution >= 4 is 17.5 Å². The van der Waals surface area contributed by atoms with Crippen LogP contribution in [0.3, 0.4) is 0 Å². The minimum Gasteiger partial charge on any atom is -0.487 e. The summed E-state index contributed by atoms with van der Waals surface area (Å²) in [6, 6.07) is 13.1. The lowest BCUT2D eigenvalue weighted by atomic mass is 9.88. The second-order valence-corrected chi connectivity index (χ2v) is 7.02. The summed E-state index contributed by atoms with van der Waals surface area (Å²) in [5.74, 6) is 0.669. The van der Waals surface area contributed by atoms with Gasteiger partial charge in [-0.3, -0.25) is 4.79 Å². The van der Waals surface area contributed by atoms with Crippen LogP contribution >= 0.6 is 11.6 Å². The summed E-state index contributed by atoms with van der Waals surface area (Å²) in [5, 5.41) is 3.57. The minimum atomic E-state index is -0.333. The number of rotatable bonds is 2. The second-order valence-electron chi connectivity index (χ2n) is 6.61. The Balaban J connectivity index is 1.92. The van der Waals surface area contributed by atoms with Gasteiger partial charge in [0, 0.05) is 12.0 Å². The first-order valence-electron chi connectivity index (χ1n) is 7.71. The molecule has 0 bridgehead atoms. The van der Waals surface area contributed by atoms with Crippen molar-refractivity contribution in [3.63, 3.8) is 0 Å². The zero-order valence-corrected chi connectivity index (χ0v) is 14.3. The van der Waals surface area contributed by atoms with Crippen molar-refractivity contribution in [3.8, 4) is 5.75 Å². The van der Waals surface area contributed by atoms with E-state index in [4.69, 9.17) is 16.3 Å². The SMILES string of the molecule is Cc1ccc2c(c1)[C@@H](NC(=O)c1ccccc1Cl)CC(C)(C)O2. The number of hydrogen-bond donors (Lipinski definition) is 1. The number of aryl methyl sites for hydroxylation is 1. The van der Waals surface area contributed by atoms with Gasteiger partial charge >= 0.3 is 0 Å². The van der Waals surface area contributed by atoms with Crippen molar-refractivity contribution in [2.24, 2.45) is 0 Å². The molecule has 2 aromatic rings. The Bertz CT molecular complexity index is 755. The summed E-state index contributed by atoms with van der Waals surface area (Å²) < 4.78 is 6.04. The first-order valence-corrected chi connectivity index (χ1v) is 8.08. The lowest BCUT2D eigenvalue weighted by Gasteiger charge is -2.38. The fourth-order valence-electron chi connectivity index (χ4n) is 2.98. The van der Waals surface area contributed by atoms with Crippen LogP contribution < -0.4 is 10.1 Å². The standard InChI is InChI=1S/C19H20ClNO2/c1-12-8-9-17-14(10-12)16(11-19(2,3)23-17)21-18(22)13-6-4-5-7-15(13)20/h4-10,16H,11H2,1-3H3,(H,21,22)/t16-/m0/s1. The molecule has 1 N–H and O–H groups in total. The Morgan fingerprint density at radius 3 is 2.74 bits per heavy atom. The van der Waals surface area contributed by atoms with Gasteiger partial charge in [-0.2, -0.15) is 0 Å². The molecule has 3 rings (SSSR count). The molecule has 1 atom stereocenters. The van der Waals surface area contributed by atoms with Crippen LogP contribution in [0.25, 0.3) is 0 Å². The summed E-state index contributed by atoms with van der Waals surface area (Å²) in [7, 11) is 0. The zero-order valence-electron chi connectivity index (χ0n) is 13.5. The van der Waals surface area contributed by atoms with Crippen LogP contribution in [0, 0.1) is 6.92 Å². The van der Waals surface area contributed by atoms with Crippen molar-refractivity contribution in [2.75, 3.05) is 0 Å². The van der Waals surface area contributed by atoms with Gasteiger partial charge in [0.15, 0.2) is 0 Å². The van der Waals surface area contributed by atoms with Gasteiger partial charge in [-0.15, -0.1) is 0 Å². The number of hydrogen-bond acceptors (Lipinski definition) is 2. The highest BCUT2D eigenvalue weighted by molar-refractivity contribution is 6.33. The molecular formula is C19H20ClNO2. The van der Waals surface area contributed by atoms with Gasteiger partial charge in [0.2, 0.25) is 0 Å². The van der Waals surface area contributed by atoms with Crippen LogP contribution in [-0.2, 0) is 0 Å². The lowest BCUT2D eigenvalue weighted by molar-refractivity contribution is 0.0619. The molecule has 23 heavy (non-hydrogen) atoms. The Morgan fingerprint density at radius 1 is 1.26 bits per heavy atom. The molecule has 0 radical (unpaired) electrons. The number of amides is 1. The number of carbonyl (C=O) groups is 1. The van der Waals surface area contributed by atoms with Crippen LogP contribution in [-0.4, -0.2) is 11.5 Å². The lowest BCUT2D eigenvalue weighted by Crippen LogP contribution is -2.41. The van der Waals surface area contributed by atoms with E-state index in [0.29, 0.717) is 17.0 Å². The maximum absolute atomic E-state index is 12.6. The number of nitrogens with one attached hydrogen (secondary N) is 1. The summed E-state index contributed by atoms with van der Waals surface area (Å²) in [4.78, 5) is 12.6. The van der Waals surface area contributed by atoms with Crippen LogP contribution in [0.15, 0.2) is 42.5 Å². The first kappa shape index (κ1) is 15.9. The number of fused-ring (bicyclic) bond motifs is 1. The van der Waals surface area contributed by atoms with Gasteiger partial charge in [-0.25, -0.2) is 0 Å². The highest BCUT2D eigenvalue weighted by Gasteiger charge is 2.34. The van der Waals surface area contributed by atoms with Crippen LogP contribution in [0.4, 0.5) is 0 Å². The Kier molecular flexibility index (Phi) is 4.07. The van der Waals surface area contributed by atoms with E-state index in [1.54, 1.807) is 12.1 Å². The van der Waals surface area contributed by atoms with Crippen molar-refractivity contribution in [2.45, 2.75) is 38.8 Å². The fraction of sp³-hybridized carbons (Fsp3) is 0.316. The smallest absolute Gasteiger partial charge is 0.253 e. The molecule has 0 saturated heterocycles. The van der Waals surface area contributed by atoms with Crippen molar-refractivity contribution in [1.29, 1.82) is 0 Å². The molecule has 0 fully saturated rings. The van der Waals surface area contributed by atoms with Crippen molar-refractivity contribution < 1.29 is 9.53 Å². The van der Waals surface area contributed by atoms with Gasteiger partial charge in [0.05, 0.1) is 16.6 Å². The van der Waals surface area contributed by atoms with Crippen LogP contribution in [0.5, 0.6) is 5.75 Å². The average Bonchev–Trinajstić information content (AvgIpc) is 2.47. The molecule has 1 aliphatic rings. The Hall–Kier alpha value is -2.00. The summed E-state index contributed by atoms with van der Waals surface area (Å²) in [5.41, 5.74) is 2.32. The molecule has 1 aliphatic heterocycles. The van der Waals surface area contributed by atoms with Crippen molar-refractivity contribution in [1.82, 2.24) is 5.32 Å². The van der Waals surface area contributed by atoms with E-state index in [0.717, 1.165) is 16.9 Å². The monoisotopic (exact) mass is 329 g/mol. The maximum Gasteiger partial charge on any atom is 0.253 e. The van der Waals surface area contributed by atoms with E-state index >= 15 is 0 Å². The van der Waals surface area contributed by atoms with Gasteiger partial charge in [-0.1, -0.05) is 41.4 Å². The maximum atomic E-state index is 12.6. The summed E-state index contributed by atoms with van der Waals surface area (Å²) >= 11 is 6.13. The molecule has 0 aromatic heterocycles. The third-order valence-electron chi connectivity index (χ3n) is 4.05. The second kappa shape index (κ2) is 5.89. The van der Waals surface area contributed by atoms with Gasteiger partial charge in [0.1, 0.15) is 11.4 Å². The van der Waals surface area contributed by atoms with E-state index in [9.17, 15) is 4.79 Å². The van der Waals surface area contributed by atoms with Gasteiger partial charge < -0.3 is 10.1 Å². The van der Waals surface area contributed by atoms with Gasteiger partial charge in [0.25, 0.3) is 5.91 Å². The number of ether oxygens (including phenoxy) is 1. The predicted octanol–water partition coefficient (Wildman–Crippen LogP) is 4.68. The minimum absolute atomic E-state index is 0.0996. The average molecular weight is 330 g/mol. The molecule has 2 aromatic carbocycles. The fourth-order valence-corrected chi connectivity index (χ4v) is 3.21. The number of halogens is 1. The highest BCUT2D eigenvalue weighted by atomic mass is 35.5. The van der Waals surface area contributed by atoms with Crippen molar-refractivity contribution in [3.05, 3.63) is 64.2 Å². The predicted molar refractivity (Wildman–Crippen MR) is 92.2 cm³/mol. The third kappa shape index (κ3) is 3.35. The summed E-state index contributed by atoms with van der Waals surface area (Å²) in [6.45, 7) is 6.10. The largest absolute Gasteiger partial charge is 0.487 e. The third-order valence-corrected chi connectivity index (χ3v) is 4.38. The quantitative estimate of drug-likeness (QED) is 0.868. The van der Waals surface area contributed by atoms with E-state index in [1.807, 2.05) is 45.0 Å². The molecule has 0 aliphatic carbocycles. The van der Waals surface area contributed by atoms with E-state index in [-0.39, 0.29) is 17.6 Å². The highest BCUT2D eigenvalue weighted by Crippen LogP contribution is 2.40. The first-order chi connectivity index (χ1) is 10.9. The molecular weight excluding hydrogens is 310 g/mol. The topological polar surface area (TPSA) is 38.3 Å². The number of benzene rings is 2. The summed E-state index contributed by atoms with van der Waals surface area (Å²) in [6.07, 6.45) is 0.708. The number of carbonyl (C=O) groups excluding carboxylic acids is 1. The molecule has 120 valence electrons. The van der Waals surface area contributed by atoms with E-state index in [1.165, 1.54) is 0 Å². The normalized spacial score (nSPS) is 18.7. The zero-order chi connectivity index (χ0) is 16.6.